The van der Waals surface area contributed by atoms with Crippen LogP contribution in [0.5, 0.6) is 11.5 Å². The lowest BCUT2D eigenvalue weighted by Gasteiger charge is -2.32. The lowest BCUT2D eigenvalue weighted by molar-refractivity contribution is -0.128. The van der Waals surface area contributed by atoms with Crippen molar-refractivity contribution in [1.29, 1.82) is 0 Å². The first kappa shape index (κ1) is 38.0. The number of hydrogen-bond donors (Lipinski definition) is 4. The van der Waals surface area contributed by atoms with E-state index in [1.165, 1.54) is 0 Å². The molecule has 3 amide bonds. The van der Waals surface area contributed by atoms with Crippen molar-refractivity contribution in [3.63, 3.8) is 0 Å². The van der Waals surface area contributed by atoms with Crippen LogP contribution < -0.4 is 25.8 Å². The predicted octanol–water partition coefficient (Wildman–Crippen LogP) is 4.12. The van der Waals surface area contributed by atoms with Gasteiger partial charge in [-0.2, -0.15) is 0 Å². The monoisotopic (exact) mass is 609 g/mol. The number of unbranched alkanes of at least 4 members (excludes halogenated alkanes) is 1. The molecular weight excluding hydrogens is 554 g/mol. The van der Waals surface area contributed by atoms with Crippen LogP contribution >= 0.6 is 0 Å². The molecule has 1 rings (SSSR count). The third kappa shape index (κ3) is 15.3. The van der Waals surface area contributed by atoms with Crippen molar-refractivity contribution in [2.45, 2.75) is 97.1 Å². The summed E-state index contributed by atoms with van der Waals surface area (Å²) in [6.07, 6.45) is 3.23. The fourth-order valence-corrected chi connectivity index (χ4v) is 4.73. The Morgan fingerprint density at radius 3 is 2.40 bits per heavy atom. The maximum absolute atomic E-state index is 13.2. The first-order chi connectivity index (χ1) is 20.4. The molecule has 0 radical (unpaired) electrons. The molecule has 0 fully saturated rings. The van der Waals surface area contributed by atoms with Crippen molar-refractivity contribution in [2.75, 3.05) is 40.6 Å². The van der Waals surface area contributed by atoms with Gasteiger partial charge in [-0.3, -0.25) is 9.59 Å². The van der Waals surface area contributed by atoms with E-state index in [0.717, 1.165) is 24.8 Å². The van der Waals surface area contributed by atoms with Gasteiger partial charge in [0.1, 0.15) is 5.54 Å². The van der Waals surface area contributed by atoms with Crippen LogP contribution in [0.1, 0.15) is 84.6 Å². The molecular formula is C32H55N3O8. The highest BCUT2D eigenvalue weighted by Gasteiger charge is 2.37. The van der Waals surface area contributed by atoms with Gasteiger partial charge in [-0.05, 0) is 68.6 Å². The summed E-state index contributed by atoms with van der Waals surface area (Å²) >= 11 is 0. The normalized spacial score (nSPS) is 14.0. The number of aliphatic hydroxyl groups excluding tert-OH is 1. The van der Waals surface area contributed by atoms with Crippen molar-refractivity contribution in [3.8, 4) is 11.5 Å². The molecule has 43 heavy (non-hydrogen) atoms. The Hall–Kier alpha value is -3.05. The Morgan fingerprint density at radius 2 is 1.77 bits per heavy atom. The number of amides is 3. The van der Waals surface area contributed by atoms with Crippen LogP contribution in [0.4, 0.5) is 4.79 Å². The Balaban J connectivity index is 2.90. The number of nitrogens with two attached hydrogens (primary N) is 1. The SMILES string of the molecule is CCCCOC(=O)N[C@](C)(C[C@@H](O)CC[C@@H](Cc1ccc(OC)c(OCCCOC)c1)C(C)C)C(=O)NCCCC(N)=O. The van der Waals surface area contributed by atoms with E-state index in [9.17, 15) is 19.5 Å². The number of methoxy groups -OCH3 is 2. The molecule has 11 nitrogen and oxygen atoms in total. The molecule has 5 N–H and O–H groups in total. The fraction of sp³-hybridized carbons (Fsp3) is 0.719. The van der Waals surface area contributed by atoms with Crippen LogP contribution in [-0.4, -0.2) is 75.2 Å². The number of primary amides is 1. The van der Waals surface area contributed by atoms with Crippen molar-refractivity contribution >= 4 is 17.9 Å². The molecule has 0 heterocycles. The summed E-state index contributed by atoms with van der Waals surface area (Å²) in [6, 6.07) is 5.94. The largest absolute Gasteiger partial charge is 0.493 e. The zero-order valence-electron chi connectivity index (χ0n) is 27.0. The third-order valence-corrected chi connectivity index (χ3v) is 7.43. The Bertz CT molecular complexity index is 974. The molecule has 0 aliphatic rings. The van der Waals surface area contributed by atoms with Gasteiger partial charge in [0.05, 0.1) is 26.4 Å². The van der Waals surface area contributed by atoms with Crippen LogP contribution in [0.2, 0.25) is 0 Å². The Labute approximate surface area is 257 Å². The molecule has 1 aromatic carbocycles. The smallest absolute Gasteiger partial charge is 0.407 e. The maximum Gasteiger partial charge on any atom is 0.407 e. The Morgan fingerprint density at radius 1 is 1.02 bits per heavy atom. The Kier molecular flexibility index (Phi) is 18.4. The van der Waals surface area contributed by atoms with Gasteiger partial charge < -0.3 is 40.4 Å². The summed E-state index contributed by atoms with van der Waals surface area (Å²) < 4.78 is 21.7. The second-order valence-corrected chi connectivity index (χ2v) is 11.6. The van der Waals surface area contributed by atoms with E-state index in [-0.39, 0.29) is 31.9 Å². The van der Waals surface area contributed by atoms with Gasteiger partial charge >= 0.3 is 6.09 Å². The third-order valence-electron chi connectivity index (χ3n) is 7.43. The lowest BCUT2D eigenvalue weighted by Crippen LogP contribution is -2.58. The first-order valence-electron chi connectivity index (χ1n) is 15.4. The second kappa shape index (κ2) is 20.8. The first-order valence-corrected chi connectivity index (χ1v) is 15.4. The van der Waals surface area contributed by atoms with Crippen LogP contribution in [0.15, 0.2) is 18.2 Å². The summed E-state index contributed by atoms with van der Waals surface area (Å²) in [4.78, 5) is 36.7. The summed E-state index contributed by atoms with van der Waals surface area (Å²) in [5.74, 6) is 1.04. The maximum atomic E-state index is 13.2. The number of aliphatic hydroxyl groups is 1. The number of nitrogens with one attached hydrogen (secondary N) is 2. The topological polar surface area (TPSA) is 158 Å². The zero-order chi connectivity index (χ0) is 32.3. The molecule has 3 atom stereocenters. The molecule has 0 unspecified atom stereocenters. The minimum atomic E-state index is -1.41. The predicted molar refractivity (Wildman–Crippen MR) is 166 cm³/mol. The minimum Gasteiger partial charge on any atom is -0.493 e. The van der Waals surface area contributed by atoms with Crippen LogP contribution in [0.3, 0.4) is 0 Å². The summed E-state index contributed by atoms with van der Waals surface area (Å²) in [6.45, 7) is 9.46. The number of ether oxygens (including phenoxy) is 4. The number of benzene rings is 1. The minimum absolute atomic E-state index is 0.00431. The van der Waals surface area contributed by atoms with E-state index in [1.54, 1.807) is 21.1 Å². The average molecular weight is 610 g/mol. The molecule has 1 aromatic rings. The molecule has 0 aliphatic heterocycles. The van der Waals surface area contributed by atoms with E-state index in [2.05, 4.69) is 24.5 Å². The summed E-state index contributed by atoms with van der Waals surface area (Å²) in [7, 11) is 3.28. The fourth-order valence-electron chi connectivity index (χ4n) is 4.73. The quantitative estimate of drug-likeness (QED) is 0.135. The molecule has 246 valence electrons. The number of carbonyl (C=O) groups is 3. The number of alkyl carbamates (subject to hydrolysis) is 1. The number of carbonyl (C=O) groups excluding carboxylic acids is 3. The van der Waals surface area contributed by atoms with Crippen molar-refractivity contribution in [2.24, 2.45) is 17.6 Å². The van der Waals surface area contributed by atoms with E-state index < -0.39 is 29.6 Å². The van der Waals surface area contributed by atoms with Crippen LogP contribution in [0.25, 0.3) is 0 Å². The van der Waals surface area contributed by atoms with Crippen LogP contribution in [0, 0.1) is 11.8 Å². The van der Waals surface area contributed by atoms with E-state index >= 15 is 0 Å². The van der Waals surface area contributed by atoms with Gasteiger partial charge in [0, 0.05) is 39.5 Å². The van der Waals surface area contributed by atoms with Gasteiger partial charge in [0.15, 0.2) is 11.5 Å². The number of rotatable bonds is 23. The van der Waals surface area contributed by atoms with Crippen LogP contribution in [-0.2, 0) is 25.5 Å². The molecule has 0 aliphatic carbocycles. The van der Waals surface area contributed by atoms with Gasteiger partial charge in [0.25, 0.3) is 0 Å². The van der Waals surface area contributed by atoms with Gasteiger partial charge in [-0.15, -0.1) is 0 Å². The van der Waals surface area contributed by atoms with Gasteiger partial charge in [-0.25, -0.2) is 4.79 Å². The zero-order valence-corrected chi connectivity index (χ0v) is 27.0. The van der Waals surface area contributed by atoms with E-state index in [1.807, 2.05) is 25.1 Å². The standard InChI is InChI=1S/C32H55N3O8/c1-7-8-18-43-31(39)35-32(4,30(38)34-16-9-11-29(33)37)22-26(36)14-13-25(23(2)3)20-24-12-15-27(41-6)28(21-24)42-19-10-17-40-5/h12,15,21,23,25-26,36H,7-11,13-14,16-20,22H2,1-6H3,(H2,33,37)(H,34,38)(H,35,39)/t25-,26-,32+/m0/s1. The average Bonchev–Trinajstić information content (AvgIpc) is 2.95. The second-order valence-electron chi connectivity index (χ2n) is 11.6. The lowest BCUT2D eigenvalue weighted by atomic mass is 9.83. The highest BCUT2D eigenvalue weighted by molar-refractivity contribution is 5.89. The molecule has 0 spiro atoms. The highest BCUT2D eigenvalue weighted by atomic mass is 16.5. The molecule has 0 aromatic heterocycles. The number of hydrogen-bond acceptors (Lipinski definition) is 8. The van der Waals surface area contributed by atoms with Crippen molar-refractivity contribution < 1.29 is 38.4 Å². The van der Waals surface area contributed by atoms with Crippen molar-refractivity contribution in [1.82, 2.24) is 10.6 Å². The molecule has 11 heteroatoms. The van der Waals surface area contributed by atoms with E-state index in [4.69, 9.17) is 24.7 Å². The van der Waals surface area contributed by atoms with Gasteiger partial charge in [-0.1, -0.05) is 33.3 Å². The van der Waals surface area contributed by atoms with Gasteiger partial charge in [0.2, 0.25) is 11.8 Å². The molecule has 0 saturated carbocycles. The molecule has 0 saturated heterocycles. The summed E-state index contributed by atoms with van der Waals surface area (Å²) in [5, 5.41) is 16.5. The van der Waals surface area contributed by atoms with E-state index in [0.29, 0.717) is 56.3 Å². The molecule has 0 bridgehead atoms. The van der Waals surface area contributed by atoms with Crippen molar-refractivity contribution in [3.05, 3.63) is 23.8 Å². The summed E-state index contributed by atoms with van der Waals surface area (Å²) in [5.41, 5.74) is 4.88. The highest BCUT2D eigenvalue weighted by Crippen LogP contribution is 2.31.